The van der Waals surface area contributed by atoms with E-state index in [1.54, 1.807) is 0 Å². The van der Waals surface area contributed by atoms with E-state index < -0.39 is 5.82 Å². The fraction of sp³-hybridized carbons (Fsp3) is 0.538. The van der Waals surface area contributed by atoms with Gasteiger partial charge in [0, 0.05) is 6.54 Å². The Morgan fingerprint density at radius 3 is 2.79 bits per heavy atom. The molecule has 0 bridgehead atoms. The predicted molar refractivity (Wildman–Crippen MR) is 70.8 cm³/mol. The van der Waals surface area contributed by atoms with Crippen molar-refractivity contribution in [2.45, 2.75) is 26.3 Å². The van der Waals surface area contributed by atoms with Crippen LogP contribution < -0.4 is 10.9 Å². The Labute approximate surface area is 112 Å². The minimum absolute atomic E-state index is 0.0980. The number of carbonyl (C=O) groups excluding carboxylic acids is 1. The number of hydrogen-bond acceptors (Lipinski definition) is 4. The van der Waals surface area contributed by atoms with Crippen molar-refractivity contribution in [3.05, 3.63) is 24.1 Å². The lowest BCUT2D eigenvalue weighted by atomic mass is 9.90. The quantitative estimate of drug-likeness (QED) is 0.812. The molecule has 5 nitrogen and oxygen atoms in total. The highest BCUT2D eigenvalue weighted by atomic mass is 19.1. The van der Waals surface area contributed by atoms with Crippen molar-refractivity contribution in [3.63, 3.8) is 0 Å². The third-order valence-electron chi connectivity index (χ3n) is 3.30. The number of nitrogens with one attached hydrogen (secondary N) is 2. The Kier molecular flexibility index (Phi) is 3.71. The van der Waals surface area contributed by atoms with E-state index in [4.69, 9.17) is 0 Å². The van der Waals surface area contributed by atoms with E-state index in [9.17, 15) is 9.18 Å². The summed E-state index contributed by atoms with van der Waals surface area (Å²) in [5, 5.41) is 0. The van der Waals surface area contributed by atoms with Gasteiger partial charge < -0.3 is 0 Å². The lowest BCUT2D eigenvalue weighted by Crippen LogP contribution is -2.43. The number of halogens is 1. The summed E-state index contributed by atoms with van der Waals surface area (Å²) in [7, 11) is 1.94. The third kappa shape index (κ3) is 3.41. The number of carbonyl (C=O) groups is 1. The molecule has 0 saturated carbocycles. The van der Waals surface area contributed by atoms with Crippen LogP contribution in [0.15, 0.2) is 18.3 Å². The summed E-state index contributed by atoms with van der Waals surface area (Å²) in [6.07, 6.45) is 1.91. The van der Waals surface area contributed by atoms with Gasteiger partial charge in [-0.05, 0) is 31.0 Å². The summed E-state index contributed by atoms with van der Waals surface area (Å²) >= 11 is 0. The highest BCUT2D eigenvalue weighted by Gasteiger charge is 2.39. The Bertz CT molecular complexity index is 460. The van der Waals surface area contributed by atoms with E-state index in [2.05, 4.69) is 29.7 Å². The van der Waals surface area contributed by atoms with Gasteiger partial charge in [0.2, 0.25) is 0 Å². The van der Waals surface area contributed by atoms with E-state index in [0.29, 0.717) is 5.82 Å². The first-order valence-corrected chi connectivity index (χ1v) is 6.25. The van der Waals surface area contributed by atoms with Gasteiger partial charge in [0.15, 0.2) is 0 Å². The lowest BCUT2D eigenvalue weighted by molar-refractivity contribution is -0.124. The van der Waals surface area contributed by atoms with Crippen molar-refractivity contribution < 1.29 is 9.18 Å². The highest BCUT2D eigenvalue weighted by molar-refractivity contribution is 5.83. The van der Waals surface area contributed by atoms with Crippen LogP contribution in [0, 0.1) is 11.2 Å². The highest BCUT2D eigenvalue weighted by Crippen LogP contribution is 2.32. The van der Waals surface area contributed by atoms with Crippen LogP contribution in [-0.2, 0) is 4.79 Å². The predicted octanol–water partition coefficient (Wildman–Crippen LogP) is 1.39. The van der Waals surface area contributed by atoms with Gasteiger partial charge in [0.05, 0.1) is 12.2 Å². The molecule has 1 aliphatic rings. The molecule has 0 aromatic carbocycles. The average Bonchev–Trinajstić information content (AvgIpc) is 2.62. The topological polar surface area (TPSA) is 57.3 Å². The molecule has 2 N–H and O–H groups in total. The van der Waals surface area contributed by atoms with Crippen molar-refractivity contribution >= 4 is 11.7 Å². The summed E-state index contributed by atoms with van der Waals surface area (Å²) < 4.78 is 12.7. The Balaban J connectivity index is 1.90. The zero-order valence-electron chi connectivity index (χ0n) is 11.4. The Morgan fingerprint density at radius 2 is 2.26 bits per heavy atom. The fourth-order valence-corrected chi connectivity index (χ4v) is 2.48. The zero-order valence-corrected chi connectivity index (χ0v) is 11.4. The number of likely N-dealkylation sites (tertiary alicyclic amines) is 1. The van der Waals surface area contributed by atoms with Crippen molar-refractivity contribution in [1.29, 1.82) is 0 Å². The summed E-state index contributed by atoms with van der Waals surface area (Å²) in [6.45, 7) is 5.18. The second-order valence-electron chi connectivity index (χ2n) is 5.78. The van der Waals surface area contributed by atoms with E-state index in [1.165, 1.54) is 12.1 Å². The SMILES string of the molecule is CN1CC(C)(C)C[C@H]1C(=O)NNc1ccc(F)cn1. The van der Waals surface area contributed by atoms with E-state index >= 15 is 0 Å². The first kappa shape index (κ1) is 13.7. The van der Waals surface area contributed by atoms with Crippen LogP contribution in [0.2, 0.25) is 0 Å². The van der Waals surface area contributed by atoms with Crippen molar-refractivity contribution in [2.24, 2.45) is 5.41 Å². The smallest absolute Gasteiger partial charge is 0.255 e. The van der Waals surface area contributed by atoms with Crippen LogP contribution in [0.1, 0.15) is 20.3 Å². The summed E-state index contributed by atoms with van der Waals surface area (Å²) in [5.41, 5.74) is 5.45. The van der Waals surface area contributed by atoms with Crippen LogP contribution in [0.5, 0.6) is 0 Å². The summed E-state index contributed by atoms with van der Waals surface area (Å²) in [5.74, 6) is -0.0944. The van der Waals surface area contributed by atoms with E-state index in [1.807, 2.05) is 11.9 Å². The molecule has 104 valence electrons. The minimum atomic E-state index is -0.408. The van der Waals surface area contributed by atoms with Crippen molar-refractivity contribution in [2.75, 3.05) is 19.0 Å². The molecule has 1 atom stereocenters. The molecule has 0 radical (unpaired) electrons. The molecule has 2 rings (SSSR count). The number of rotatable bonds is 3. The number of anilines is 1. The zero-order chi connectivity index (χ0) is 14.0. The largest absolute Gasteiger partial charge is 0.294 e. The van der Waals surface area contributed by atoms with Crippen LogP contribution in [0.3, 0.4) is 0 Å². The maximum absolute atomic E-state index is 12.7. The molecule has 1 aliphatic heterocycles. The van der Waals surface area contributed by atoms with E-state index in [-0.39, 0.29) is 17.4 Å². The Morgan fingerprint density at radius 1 is 1.53 bits per heavy atom. The number of pyridine rings is 1. The van der Waals surface area contributed by atoms with Crippen LogP contribution in [0.4, 0.5) is 10.2 Å². The number of aromatic nitrogens is 1. The molecule has 1 fully saturated rings. The van der Waals surface area contributed by atoms with Crippen molar-refractivity contribution in [1.82, 2.24) is 15.3 Å². The van der Waals surface area contributed by atoms with Crippen LogP contribution >= 0.6 is 0 Å². The van der Waals surface area contributed by atoms with E-state index in [0.717, 1.165) is 19.2 Å². The molecule has 1 saturated heterocycles. The van der Waals surface area contributed by atoms with Crippen LogP contribution in [0.25, 0.3) is 0 Å². The summed E-state index contributed by atoms with van der Waals surface area (Å²) in [4.78, 5) is 17.9. The molecule has 19 heavy (non-hydrogen) atoms. The lowest BCUT2D eigenvalue weighted by Gasteiger charge is -2.18. The monoisotopic (exact) mass is 266 g/mol. The second-order valence-corrected chi connectivity index (χ2v) is 5.78. The number of hydrazine groups is 1. The van der Waals surface area contributed by atoms with Crippen LogP contribution in [-0.4, -0.2) is 35.4 Å². The first-order chi connectivity index (χ1) is 8.87. The third-order valence-corrected chi connectivity index (χ3v) is 3.30. The van der Waals surface area contributed by atoms with Gasteiger partial charge in [-0.3, -0.25) is 20.5 Å². The second kappa shape index (κ2) is 5.13. The van der Waals surface area contributed by atoms with Crippen molar-refractivity contribution in [3.8, 4) is 0 Å². The minimum Gasteiger partial charge on any atom is -0.294 e. The number of likely N-dealkylation sites (N-methyl/N-ethyl adjacent to an activating group) is 1. The normalized spacial score (nSPS) is 22.2. The molecule has 1 aromatic rings. The first-order valence-electron chi connectivity index (χ1n) is 6.25. The molecule has 6 heteroatoms. The number of nitrogens with zero attached hydrogens (tertiary/aromatic N) is 2. The molecule has 0 aliphatic carbocycles. The molecular weight excluding hydrogens is 247 g/mol. The van der Waals surface area contributed by atoms with Gasteiger partial charge >= 0.3 is 0 Å². The fourth-order valence-electron chi connectivity index (χ4n) is 2.48. The standard InChI is InChI=1S/C13H19FN4O/c1-13(2)6-10(18(3)8-13)12(19)17-16-11-5-4-9(14)7-15-11/h4-5,7,10H,6,8H2,1-3H3,(H,15,16)(H,17,19)/t10-/m0/s1. The van der Waals surface area contributed by atoms with Gasteiger partial charge in [-0.25, -0.2) is 9.37 Å². The van der Waals surface area contributed by atoms with Gasteiger partial charge in [0.25, 0.3) is 5.91 Å². The average molecular weight is 266 g/mol. The van der Waals surface area contributed by atoms with Gasteiger partial charge in [-0.15, -0.1) is 0 Å². The molecule has 0 spiro atoms. The maximum Gasteiger partial charge on any atom is 0.255 e. The summed E-state index contributed by atoms with van der Waals surface area (Å²) in [6, 6.07) is 2.60. The molecule has 1 amide bonds. The van der Waals surface area contributed by atoms with Gasteiger partial charge in [-0.1, -0.05) is 13.8 Å². The maximum atomic E-state index is 12.7. The number of amides is 1. The van der Waals surface area contributed by atoms with Gasteiger partial charge in [-0.2, -0.15) is 0 Å². The van der Waals surface area contributed by atoms with Gasteiger partial charge in [0.1, 0.15) is 11.6 Å². The Hall–Kier alpha value is -1.69. The molecule has 2 heterocycles. The molecule has 1 aromatic heterocycles. The molecule has 0 unspecified atom stereocenters. The number of hydrogen-bond donors (Lipinski definition) is 2. The molecular formula is C13H19FN4O.